The van der Waals surface area contributed by atoms with Gasteiger partial charge in [-0.3, -0.25) is 9.78 Å². The van der Waals surface area contributed by atoms with E-state index in [9.17, 15) is 9.59 Å². The number of urea groups is 1. The van der Waals surface area contributed by atoms with E-state index in [0.717, 1.165) is 43.7 Å². The van der Waals surface area contributed by atoms with Crippen molar-refractivity contribution in [3.05, 3.63) is 36.8 Å². The van der Waals surface area contributed by atoms with E-state index in [1.54, 1.807) is 12.4 Å². The maximum Gasteiger partial charge on any atom is 0.315 e. The summed E-state index contributed by atoms with van der Waals surface area (Å²) in [6.45, 7) is 0.882. The van der Waals surface area contributed by atoms with Gasteiger partial charge in [-0.2, -0.15) is 11.8 Å². The highest BCUT2D eigenvalue weighted by atomic mass is 32.2. The van der Waals surface area contributed by atoms with Gasteiger partial charge in [-0.05, 0) is 37.5 Å². The monoisotopic (exact) mass is 401 g/mol. The van der Waals surface area contributed by atoms with E-state index in [-0.39, 0.29) is 30.1 Å². The van der Waals surface area contributed by atoms with Gasteiger partial charge in [-0.15, -0.1) is 0 Å². The van der Waals surface area contributed by atoms with Gasteiger partial charge in [0.2, 0.25) is 5.91 Å². The van der Waals surface area contributed by atoms with Crippen molar-refractivity contribution in [1.82, 2.24) is 20.9 Å². The molecular weight excluding hydrogens is 374 g/mol. The third-order valence-electron chi connectivity index (χ3n) is 5.60. The summed E-state index contributed by atoms with van der Waals surface area (Å²) in [7, 11) is 0. The van der Waals surface area contributed by atoms with Gasteiger partial charge >= 0.3 is 6.03 Å². The zero-order chi connectivity index (χ0) is 19.3. The van der Waals surface area contributed by atoms with Crippen molar-refractivity contribution in [2.24, 2.45) is 0 Å². The molecule has 3 aliphatic rings. The first-order chi connectivity index (χ1) is 13.7. The number of fused-ring (bicyclic) bond motifs is 1. The summed E-state index contributed by atoms with van der Waals surface area (Å²) >= 11 is 1.93. The highest BCUT2D eigenvalue weighted by Crippen LogP contribution is 2.33. The Hall–Kier alpha value is -2.22. The molecule has 3 aliphatic heterocycles. The summed E-state index contributed by atoms with van der Waals surface area (Å²) in [6.07, 6.45) is 12.1. The first-order valence-electron chi connectivity index (χ1n) is 10.0. The number of rotatable bonds is 7. The maximum atomic E-state index is 12.2. The quantitative estimate of drug-likeness (QED) is 0.481. The van der Waals surface area contributed by atoms with Gasteiger partial charge < -0.3 is 20.9 Å². The number of nitrogens with one attached hydrogen (secondary N) is 3. The van der Waals surface area contributed by atoms with Gasteiger partial charge in [0.25, 0.3) is 0 Å². The fourth-order valence-electron chi connectivity index (χ4n) is 4.08. The predicted octanol–water partition coefficient (Wildman–Crippen LogP) is 2.02. The van der Waals surface area contributed by atoms with E-state index in [1.807, 2.05) is 30.1 Å². The maximum absolute atomic E-state index is 12.2. The first-order valence-corrected chi connectivity index (χ1v) is 11.1. The molecule has 2 saturated heterocycles. The van der Waals surface area contributed by atoms with Gasteiger partial charge in [-0.1, -0.05) is 6.42 Å². The van der Waals surface area contributed by atoms with Crippen molar-refractivity contribution < 1.29 is 9.59 Å². The van der Waals surface area contributed by atoms with Crippen LogP contribution < -0.4 is 20.9 Å². The zero-order valence-electron chi connectivity index (χ0n) is 15.8. The van der Waals surface area contributed by atoms with Crippen LogP contribution in [0.1, 0.15) is 32.1 Å². The highest BCUT2D eigenvalue weighted by Gasteiger charge is 2.42. The Kier molecular flexibility index (Phi) is 6.04. The summed E-state index contributed by atoms with van der Waals surface area (Å²) in [5.74, 6) is 1.11. The number of unbranched alkanes of at least 4 members (excludes halogenated alkanes) is 1. The molecule has 0 aliphatic carbocycles. The van der Waals surface area contributed by atoms with Crippen LogP contribution in [0.3, 0.4) is 0 Å². The summed E-state index contributed by atoms with van der Waals surface area (Å²) < 4.78 is 0. The molecule has 4 rings (SSSR count). The predicted molar refractivity (Wildman–Crippen MR) is 111 cm³/mol. The van der Waals surface area contributed by atoms with E-state index in [4.69, 9.17) is 0 Å². The molecule has 4 heterocycles. The van der Waals surface area contributed by atoms with Crippen LogP contribution in [-0.4, -0.2) is 52.6 Å². The lowest BCUT2D eigenvalue weighted by Crippen LogP contribution is -2.39. The third-order valence-corrected chi connectivity index (χ3v) is 7.11. The van der Waals surface area contributed by atoms with E-state index in [1.165, 1.54) is 0 Å². The van der Waals surface area contributed by atoms with Gasteiger partial charge in [-0.25, -0.2) is 4.79 Å². The molecule has 0 saturated carbocycles. The van der Waals surface area contributed by atoms with Crippen molar-refractivity contribution in [2.75, 3.05) is 17.2 Å². The summed E-state index contributed by atoms with van der Waals surface area (Å²) in [5, 5.41) is 9.58. The van der Waals surface area contributed by atoms with Crippen LogP contribution in [0, 0.1) is 0 Å². The molecule has 1 aromatic rings. The Morgan fingerprint density at radius 3 is 2.93 bits per heavy atom. The molecule has 2 fully saturated rings. The summed E-state index contributed by atoms with van der Waals surface area (Å²) in [5.41, 5.74) is 1.12. The first kappa shape index (κ1) is 19.1. The molecule has 150 valence electrons. The summed E-state index contributed by atoms with van der Waals surface area (Å²) in [6, 6.07) is 4.57. The van der Waals surface area contributed by atoms with Crippen molar-refractivity contribution in [2.45, 2.75) is 55.5 Å². The second kappa shape index (κ2) is 8.86. The van der Waals surface area contributed by atoms with Gasteiger partial charge in [0.15, 0.2) is 0 Å². The number of anilines is 1. The number of carbonyl (C=O) groups is 2. The second-order valence-electron chi connectivity index (χ2n) is 7.57. The zero-order valence-corrected chi connectivity index (χ0v) is 16.7. The van der Waals surface area contributed by atoms with E-state index in [2.05, 4.69) is 31.9 Å². The molecule has 7 nitrogen and oxygen atoms in total. The molecule has 0 aromatic carbocycles. The van der Waals surface area contributed by atoms with Gasteiger partial charge in [0.05, 0.1) is 18.1 Å². The molecule has 1 aromatic heterocycles. The van der Waals surface area contributed by atoms with Crippen LogP contribution >= 0.6 is 11.8 Å². The minimum Gasteiger partial charge on any atom is -0.350 e. The fraction of sp³-hybridized carbons (Fsp3) is 0.550. The third kappa shape index (κ3) is 4.60. The number of hydrogen-bond donors (Lipinski definition) is 3. The Morgan fingerprint density at radius 2 is 2.14 bits per heavy atom. The molecule has 0 unspecified atom stereocenters. The largest absolute Gasteiger partial charge is 0.350 e. The topological polar surface area (TPSA) is 86.4 Å². The van der Waals surface area contributed by atoms with Crippen molar-refractivity contribution >= 4 is 29.4 Å². The number of amides is 3. The van der Waals surface area contributed by atoms with Crippen LogP contribution in [0.4, 0.5) is 10.5 Å². The molecule has 0 spiro atoms. The lowest BCUT2D eigenvalue weighted by molar-refractivity contribution is -0.121. The van der Waals surface area contributed by atoms with Crippen LogP contribution in [-0.2, 0) is 4.79 Å². The van der Waals surface area contributed by atoms with E-state index < -0.39 is 0 Å². The van der Waals surface area contributed by atoms with E-state index >= 15 is 0 Å². The Morgan fingerprint density at radius 1 is 1.29 bits per heavy atom. The molecule has 8 heteroatoms. The normalized spacial score (nSPS) is 28.6. The molecule has 28 heavy (non-hydrogen) atoms. The van der Waals surface area contributed by atoms with E-state index in [0.29, 0.717) is 11.7 Å². The molecule has 0 radical (unpaired) electrons. The van der Waals surface area contributed by atoms with Crippen LogP contribution in [0.5, 0.6) is 0 Å². The van der Waals surface area contributed by atoms with Crippen LogP contribution in [0.25, 0.3) is 0 Å². The SMILES string of the molecule is O=C(CCCC[C@@H]1SC[C@@H]2NC(=O)N[C@@H]21)N[C@@H]1C=CN(c2ccncc2)CC1. The van der Waals surface area contributed by atoms with Crippen LogP contribution in [0.15, 0.2) is 36.8 Å². The molecular formula is C20H27N5O2S. The number of nitrogens with zero attached hydrogens (tertiary/aromatic N) is 2. The summed E-state index contributed by atoms with van der Waals surface area (Å²) in [4.78, 5) is 29.9. The minimum absolute atomic E-state index is 0.0392. The molecule has 0 bridgehead atoms. The van der Waals surface area contributed by atoms with Gasteiger partial charge in [0, 0.05) is 48.2 Å². The fourth-order valence-corrected chi connectivity index (χ4v) is 5.62. The number of aromatic nitrogens is 1. The standard InChI is InChI=1S/C20H27N5O2S/c26-18(4-2-1-3-17-19-16(13-28-17)23-20(27)24-19)22-14-7-11-25(12-8-14)15-5-9-21-10-6-15/h5-7,9-11,14,16-17,19H,1-4,8,12-13H2,(H,22,26)(H2,23,24,27)/t14-,16+,17+,19+/m1/s1. The number of pyridine rings is 1. The Balaban J connectivity index is 1.13. The lowest BCUT2D eigenvalue weighted by atomic mass is 10.0. The average molecular weight is 402 g/mol. The lowest BCUT2D eigenvalue weighted by Gasteiger charge is -2.28. The molecule has 3 amide bonds. The Labute approximate surface area is 169 Å². The Bertz CT molecular complexity index is 729. The minimum atomic E-state index is -0.0392. The highest BCUT2D eigenvalue weighted by molar-refractivity contribution is 8.00. The number of thioether (sulfide) groups is 1. The van der Waals surface area contributed by atoms with Crippen molar-refractivity contribution in [3.63, 3.8) is 0 Å². The number of carbonyl (C=O) groups excluding carboxylic acids is 2. The van der Waals surface area contributed by atoms with Gasteiger partial charge in [0.1, 0.15) is 0 Å². The van der Waals surface area contributed by atoms with Crippen molar-refractivity contribution in [3.8, 4) is 0 Å². The number of hydrogen-bond acceptors (Lipinski definition) is 5. The van der Waals surface area contributed by atoms with Crippen LogP contribution in [0.2, 0.25) is 0 Å². The molecule has 4 atom stereocenters. The average Bonchev–Trinajstić information content (AvgIpc) is 3.26. The smallest absolute Gasteiger partial charge is 0.315 e. The second-order valence-corrected chi connectivity index (χ2v) is 8.84. The molecule has 3 N–H and O–H groups in total. The van der Waals surface area contributed by atoms with Crippen molar-refractivity contribution in [1.29, 1.82) is 0 Å².